The molecule has 1 aromatic rings. The first-order valence-corrected chi connectivity index (χ1v) is 5.92. The molecule has 76 valence electrons. The highest BCUT2D eigenvalue weighted by atomic mass is 32.2. The van der Waals surface area contributed by atoms with Gasteiger partial charge in [0, 0.05) is 0 Å². The predicted octanol–water partition coefficient (Wildman–Crippen LogP) is 3.72. The maximum Gasteiger partial charge on any atom is 0.138 e. The second-order valence-electron chi connectivity index (χ2n) is 4.93. The first-order valence-electron chi connectivity index (χ1n) is 4.93. The van der Waals surface area contributed by atoms with Crippen molar-refractivity contribution in [2.45, 2.75) is 32.1 Å². The Kier molecular flexibility index (Phi) is 2.48. The van der Waals surface area contributed by atoms with Gasteiger partial charge in [0.05, 0.1) is 4.90 Å². The molecule has 0 aromatic heterocycles. The van der Waals surface area contributed by atoms with Gasteiger partial charge in [-0.15, -0.1) is 0 Å². The van der Waals surface area contributed by atoms with E-state index in [9.17, 15) is 0 Å². The molecule has 1 aliphatic rings. The van der Waals surface area contributed by atoms with Crippen LogP contribution in [0.5, 0.6) is 5.75 Å². The van der Waals surface area contributed by atoms with E-state index in [4.69, 9.17) is 4.74 Å². The van der Waals surface area contributed by atoms with Gasteiger partial charge in [0.2, 0.25) is 0 Å². The largest absolute Gasteiger partial charge is 0.481 e. The lowest BCUT2D eigenvalue weighted by molar-refractivity contribution is 0.395. The average Bonchev–Trinajstić information content (AvgIpc) is 2.47. The van der Waals surface area contributed by atoms with Crippen molar-refractivity contribution >= 4 is 11.8 Å². The van der Waals surface area contributed by atoms with Gasteiger partial charge in [-0.05, 0) is 29.5 Å². The number of ether oxygens (including phenoxy) is 1. The summed E-state index contributed by atoms with van der Waals surface area (Å²) in [6.07, 6.45) is 1.13. The lowest BCUT2D eigenvalue weighted by atomic mass is 9.88. The highest BCUT2D eigenvalue weighted by molar-refractivity contribution is 7.99. The fraction of sp³-hybridized carbons (Fsp3) is 0.500. The molecule has 0 bridgehead atoms. The summed E-state index contributed by atoms with van der Waals surface area (Å²) < 4.78 is 5.45. The average molecular weight is 208 g/mol. The van der Waals surface area contributed by atoms with Crippen LogP contribution in [0.25, 0.3) is 0 Å². The van der Waals surface area contributed by atoms with Crippen molar-refractivity contribution in [2.75, 3.05) is 5.94 Å². The van der Waals surface area contributed by atoms with Crippen LogP contribution in [0.1, 0.15) is 26.3 Å². The van der Waals surface area contributed by atoms with Gasteiger partial charge in [-0.25, -0.2) is 0 Å². The van der Waals surface area contributed by atoms with Crippen molar-refractivity contribution in [3.8, 4) is 5.75 Å². The van der Waals surface area contributed by atoms with Gasteiger partial charge in [-0.2, -0.15) is 0 Å². The van der Waals surface area contributed by atoms with Crippen LogP contribution in [0.2, 0.25) is 0 Å². The minimum Gasteiger partial charge on any atom is -0.481 e. The van der Waals surface area contributed by atoms with Crippen LogP contribution in [0.3, 0.4) is 0 Å². The molecule has 0 spiro atoms. The van der Waals surface area contributed by atoms with Crippen molar-refractivity contribution in [3.05, 3.63) is 23.8 Å². The Morgan fingerprint density at radius 3 is 2.86 bits per heavy atom. The van der Waals surface area contributed by atoms with E-state index in [-0.39, 0.29) is 0 Å². The van der Waals surface area contributed by atoms with E-state index in [1.54, 1.807) is 11.8 Å². The lowest BCUT2D eigenvalue weighted by Crippen LogP contribution is -2.08. The van der Waals surface area contributed by atoms with Crippen molar-refractivity contribution in [2.24, 2.45) is 5.41 Å². The minimum absolute atomic E-state index is 0.359. The van der Waals surface area contributed by atoms with E-state index in [0.29, 0.717) is 5.41 Å². The van der Waals surface area contributed by atoms with Gasteiger partial charge in [-0.1, -0.05) is 38.6 Å². The molecule has 2 heteroatoms. The zero-order chi connectivity index (χ0) is 10.2. The Labute approximate surface area is 89.9 Å². The Bertz CT molecular complexity index is 339. The van der Waals surface area contributed by atoms with Crippen LogP contribution in [0, 0.1) is 5.41 Å². The van der Waals surface area contributed by atoms with Crippen molar-refractivity contribution in [1.29, 1.82) is 0 Å². The molecule has 0 fully saturated rings. The summed E-state index contributed by atoms with van der Waals surface area (Å²) >= 11 is 1.79. The second kappa shape index (κ2) is 3.50. The Hall–Kier alpha value is -0.630. The van der Waals surface area contributed by atoms with Gasteiger partial charge in [0.1, 0.15) is 11.7 Å². The van der Waals surface area contributed by atoms with E-state index in [1.165, 1.54) is 10.5 Å². The first-order chi connectivity index (χ1) is 6.54. The van der Waals surface area contributed by atoms with E-state index in [0.717, 1.165) is 18.1 Å². The lowest BCUT2D eigenvalue weighted by Gasteiger charge is -2.18. The Morgan fingerprint density at radius 2 is 2.14 bits per heavy atom. The van der Waals surface area contributed by atoms with Gasteiger partial charge in [0.15, 0.2) is 0 Å². The van der Waals surface area contributed by atoms with Crippen molar-refractivity contribution in [3.63, 3.8) is 0 Å². The zero-order valence-electron chi connectivity index (χ0n) is 8.96. The van der Waals surface area contributed by atoms with Crippen LogP contribution >= 0.6 is 11.8 Å². The Balaban J connectivity index is 2.21. The van der Waals surface area contributed by atoms with Crippen LogP contribution in [0.15, 0.2) is 23.1 Å². The summed E-state index contributed by atoms with van der Waals surface area (Å²) in [6.45, 7) is 6.80. The molecule has 1 aromatic carbocycles. The molecule has 1 aliphatic heterocycles. The van der Waals surface area contributed by atoms with E-state index >= 15 is 0 Å². The summed E-state index contributed by atoms with van der Waals surface area (Å²) in [5.74, 6) is 1.82. The second-order valence-corrected chi connectivity index (χ2v) is 5.89. The van der Waals surface area contributed by atoms with Gasteiger partial charge in [0.25, 0.3) is 0 Å². The number of benzene rings is 1. The predicted molar refractivity (Wildman–Crippen MR) is 61.0 cm³/mol. The number of hydrogen-bond donors (Lipinski definition) is 0. The van der Waals surface area contributed by atoms with Crippen molar-refractivity contribution in [1.82, 2.24) is 0 Å². The molecule has 0 N–H and O–H groups in total. The molecule has 0 aliphatic carbocycles. The molecule has 0 atom stereocenters. The highest BCUT2D eigenvalue weighted by Crippen LogP contribution is 2.37. The maximum absolute atomic E-state index is 5.45. The third kappa shape index (κ3) is 2.24. The van der Waals surface area contributed by atoms with Crippen LogP contribution in [0.4, 0.5) is 0 Å². The van der Waals surface area contributed by atoms with E-state index < -0.39 is 0 Å². The van der Waals surface area contributed by atoms with Gasteiger partial charge in [-0.3, -0.25) is 0 Å². The molecule has 0 saturated heterocycles. The fourth-order valence-corrected chi connectivity index (χ4v) is 2.48. The summed E-state index contributed by atoms with van der Waals surface area (Å²) in [5, 5.41) is 0. The van der Waals surface area contributed by atoms with E-state index in [2.05, 4.69) is 39.0 Å². The number of thioether (sulfide) groups is 1. The Morgan fingerprint density at radius 1 is 1.36 bits per heavy atom. The smallest absolute Gasteiger partial charge is 0.138 e. The topological polar surface area (TPSA) is 9.23 Å². The highest BCUT2D eigenvalue weighted by Gasteiger charge is 2.16. The zero-order valence-corrected chi connectivity index (χ0v) is 9.78. The van der Waals surface area contributed by atoms with Gasteiger partial charge < -0.3 is 4.74 Å². The maximum atomic E-state index is 5.45. The molecule has 0 radical (unpaired) electrons. The molecular formula is C12H16OS. The molecule has 0 unspecified atom stereocenters. The molecule has 2 rings (SSSR count). The molecule has 1 nitrogen and oxygen atoms in total. The van der Waals surface area contributed by atoms with E-state index in [1.807, 2.05) is 0 Å². The van der Waals surface area contributed by atoms with Crippen LogP contribution in [-0.2, 0) is 6.42 Å². The quantitative estimate of drug-likeness (QED) is 0.695. The number of hydrogen-bond acceptors (Lipinski definition) is 2. The summed E-state index contributed by atoms with van der Waals surface area (Å²) in [4.78, 5) is 1.30. The minimum atomic E-state index is 0.359. The normalized spacial score (nSPS) is 15.1. The first kappa shape index (κ1) is 9.91. The number of fused-ring (bicyclic) bond motifs is 1. The number of rotatable bonds is 1. The molecular weight excluding hydrogens is 192 g/mol. The van der Waals surface area contributed by atoms with Crippen LogP contribution < -0.4 is 4.74 Å². The summed E-state index contributed by atoms with van der Waals surface area (Å²) in [5.41, 5.74) is 1.77. The monoisotopic (exact) mass is 208 g/mol. The molecule has 1 heterocycles. The fourth-order valence-electron chi connectivity index (χ4n) is 1.66. The molecule has 0 saturated carbocycles. The van der Waals surface area contributed by atoms with Crippen LogP contribution in [-0.4, -0.2) is 5.94 Å². The molecule has 0 amide bonds. The van der Waals surface area contributed by atoms with Gasteiger partial charge >= 0.3 is 0 Å². The summed E-state index contributed by atoms with van der Waals surface area (Å²) in [6, 6.07) is 6.53. The summed E-state index contributed by atoms with van der Waals surface area (Å²) in [7, 11) is 0. The standard InChI is InChI=1S/C12H16OS/c1-12(2,3)7-9-4-5-10-11(6-9)14-8-13-10/h4-6H,7-8H2,1-3H3. The SMILES string of the molecule is CC(C)(C)Cc1ccc2c(c1)SCO2. The third-order valence-electron chi connectivity index (χ3n) is 2.17. The van der Waals surface area contributed by atoms with Crippen molar-refractivity contribution < 1.29 is 4.74 Å². The molecule has 14 heavy (non-hydrogen) atoms. The third-order valence-corrected chi connectivity index (χ3v) is 3.04.